The standard InChI is InChI=1S/C22H26FN3O2/c23-19-9-3-8-18(14-19)22(28)26(12-4-11-24)15-16-5-1-10-20(13-16)25-21(27)17-6-2-7-17/h1,3,5,8-10,13-14,17H,2,4,6-7,11-12,15,24H2,(H,25,27). The van der Waals surface area contributed by atoms with Crippen LogP contribution < -0.4 is 11.1 Å². The van der Waals surface area contributed by atoms with Gasteiger partial charge in [-0.05, 0) is 61.7 Å². The third-order valence-electron chi connectivity index (χ3n) is 5.03. The average molecular weight is 383 g/mol. The van der Waals surface area contributed by atoms with E-state index >= 15 is 0 Å². The molecule has 6 heteroatoms. The van der Waals surface area contributed by atoms with Gasteiger partial charge in [0.15, 0.2) is 0 Å². The smallest absolute Gasteiger partial charge is 0.254 e. The molecular weight excluding hydrogens is 357 g/mol. The zero-order valence-corrected chi connectivity index (χ0v) is 15.9. The predicted molar refractivity (Wildman–Crippen MR) is 107 cm³/mol. The fraction of sp³-hybridized carbons (Fsp3) is 0.364. The molecule has 0 atom stereocenters. The Morgan fingerprint density at radius 3 is 2.61 bits per heavy atom. The number of carbonyl (C=O) groups is 2. The molecule has 5 nitrogen and oxygen atoms in total. The van der Waals surface area contributed by atoms with E-state index in [2.05, 4.69) is 5.32 Å². The third-order valence-corrected chi connectivity index (χ3v) is 5.03. The number of hydrogen-bond acceptors (Lipinski definition) is 3. The normalized spacial score (nSPS) is 13.6. The van der Waals surface area contributed by atoms with Crippen molar-refractivity contribution in [1.82, 2.24) is 4.90 Å². The van der Waals surface area contributed by atoms with Crippen molar-refractivity contribution in [2.75, 3.05) is 18.4 Å². The lowest BCUT2D eigenvalue weighted by Gasteiger charge is -2.25. The first-order valence-electron chi connectivity index (χ1n) is 9.71. The summed E-state index contributed by atoms with van der Waals surface area (Å²) in [4.78, 5) is 26.7. The Balaban J connectivity index is 1.72. The van der Waals surface area contributed by atoms with E-state index in [1.807, 2.05) is 24.3 Å². The largest absolute Gasteiger partial charge is 0.334 e. The van der Waals surface area contributed by atoms with Crippen molar-refractivity contribution >= 4 is 17.5 Å². The predicted octanol–water partition coefficient (Wildman–Crippen LogP) is 3.56. The summed E-state index contributed by atoms with van der Waals surface area (Å²) in [6, 6.07) is 13.2. The number of nitrogens with two attached hydrogens (primary N) is 1. The molecule has 1 aliphatic rings. The van der Waals surface area contributed by atoms with E-state index in [1.54, 1.807) is 11.0 Å². The molecule has 0 bridgehead atoms. The monoisotopic (exact) mass is 383 g/mol. The highest BCUT2D eigenvalue weighted by atomic mass is 19.1. The van der Waals surface area contributed by atoms with Crippen LogP contribution in [0, 0.1) is 11.7 Å². The molecule has 0 heterocycles. The average Bonchev–Trinajstić information content (AvgIpc) is 2.63. The van der Waals surface area contributed by atoms with E-state index in [0.717, 1.165) is 30.5 Å². The number of carbonyl (C=O) groups excluding carboxylic acids is 2. The first-order valence-corrected chi connectivity index (χ1v) is 9.71. The van der Waals surface area contributed by atoms with Gasteiger partial charge < -0.3 is 16.0 Å². The molecule has 0 aliphatic heterocycles. The van der Waals surface area contributed by atoms with Crippen LogP contribution in [0.1, 0.15) is 41.6 Å². The first-order chi connectivity index (χ1) is 13.6. The highest BCUT2D eigenvalue weighted by Gasteiger charge is 2.25. The van der Waals surface area contributed by atoms with E-state index in [1.165, 1.54) is 18.2 Å². The minimum Gasteiger partial charge on any atom is -0.334 e. The maximum absolute atomic E-state index is 13.5. The highest BCUT2D eigenvalue weighted by Crippen LogP contribution is 2.27. The second kappa shape index (κ2) is 9.46. The topological polar surface area (TPSA) is 75.4 Å². The van der Waals surface area contributed by atoms with Gasteiger partial charge in [-0.3, -0.25) is 9.59 Å². The second-order valence-electron chi connectivity index (χ2n) is 7.20. The molecule has 28 heavy (non-hydrogen) atoms. The van der Waals surface area contributed by atoms with Crippen molar-refractivity contribution in [1.29, 1.82) is 0 Å². The molecule has 3 N–H and O–H groups in total. The van der Waals surface area contributed by atoms with Crippen LogP contribution in [0.2, 0.25) is 0 Å². The molecule has 2 amide bonds. The van der Waals surface area contributed by atoms with Crippen LogP contribution in [-0.2, 0) is 11.3 Å². The van der Waals surface area contributed by atoms with Crippen LogP contribution >= 0.6 is 0 Å². The summed E-state index contributed by atoms with van der Waals surface area (Å²) in [5, 5.41) is 2.96. The third kappa shape index (κ3) is 5.16. The van der Waals surface area contributed by atoms with Gasteiger partial charge in [0.1, 0.15) is 5.82 Å². The van der Waals surface area contributed by atoms with Crippen molar-refractivity contribution in [2.24, 2.45) is 11.7 Å². The first kappa shape index (κ1) is 20.0. The molecule has 3 rings (SSSR count). The molecular formula is C22H26FN3O2. The maximum Gasteiger partial charge on any atom is 0.254 e. The molecule has 0 radical (unpaired) electrons. The summed E-state index contributed by atoms with van der Waals surface area (Å²) in [5.41, 5.74) is 7.55. The number of rotatable bonds is 8. The van der Waals surface area contributed by atoms with Crippen LogP contribution in [0.3, 0.4) is 0 Å². The summed E-state index contributed by atoms with van der Waals surface area (Å²) in [5.74, 6) is -0.513. The van der Waals surface area contributed by atoms with Gasteiger partial charge in [0.2, 0.25) is 5.91 Å². The quantitative estimate of drug-likeness (QED) is 0.732. The van der Waals surface area contributed by atoms with Crippen LogP contribution in [0.25, 0.3) is 0 Å². The van der Waals surface area contributed by atoms with E-state index in [9.17, 15) is 14.0 Å². The molecule has 2 aromatic carbocycles. The molecule has 0 aromatic heterocycles. The van der Waals surface area contributed by atoms with E-state index in [-0.39, 0.29) is 17.7 Å². The van der Waals surface area contributed by atoms with Crippen LogP contribution in [0.15, 0.2) is 48.5 Å². The van der Waals surface area contributed by atoms with Crippen molar-refractivity contribution in [2.45, 2.75) is 32.2 Å². The highest BCUT2D eigenvalue weighted by molar-refractivity contribution is 5.94. The Labute approximate surface area is 164 Å². The number of anilines is 1. The molecule has 0 unspecified atom stereocenters. The Morgan fingerprint density at radius 2 is 1.93 bits per heavy atom. The number of nitrogens with zero attached hydrogens (tertiary/aromatic N) is 1. The summed E-state index contributed by atoms with van der Waals surface area (Å²) >= 11 is 0. The Morgan fingerprint density at radius 1 is 1.14 bits per heavy atom. The fourth-order valence-corrected chi connectivity index (χ4v) is 3.22. The van der Waals surface area contributed by atoms with Gasteiger partial charge in [-0.2, -0.15) is 0 Å². The number of hydrogen-bond donors (Lipinski definition) is 2. The zero-order chi connectivity index (χ0) is 19.9. The zero-order valence-electron chi connectivity index (χ0n) is 15.9. The van der Waals surface area contributed by atoms with Gasteiger partial charge in [0.25, 0.3) is 5.91 Å². The maximum atomic E-state index is 13.5. The van der Waals surface area contributed by atoms with Crippen molar-refractivity contribution < 1.29 is 14.0 Å². The molecule has 2 aromatic rings. The number of benzene rings is 2. The van der Waals surface area contributed by atoms with Gasteiger partial charge in [-0.15, -0.1) is 0 Å². The minimum atomic E-state index is -0.440. The lowest BCUT2D eigenvalue weighted by molar-refractivity contribution is -0.122. The van der Waals surface area contributed by atoms with Gasteiger partial charge in [-0.1, -0.05) is 24.6 Å². The molecule has 0 spiro atoms. The van der Waals surface area contributed by atoms with E-state index < -0.39 is 5.82 Å². The Kier molecular flexibility index (Phi) is 6.76. The fourth-order valence-electron chi connectivity index (χ4n) is 3.22. The summed E-state index contributed by atoms with van der Waals surface area (Å²) < 4.78 is 13.5. The van der Waals surface area contributed by atoms with Gasteiger partial charge >= 0.3 is 0 Å². The van der Waals surface area contributed by atoms with Gasteiger partial charge in [-0.25, -0.2) is 4.39 Å². The lowest BCUT2D eigenvalue weighted by atomic mass is 9.85. The summed E-state index contributed by atoms with van der Waals surface area (Å²) in [7, 11) is 0. The molecule has 1 fully saturated rings. The van der Waals surface area contributed by atoms with Crippen LogP contribution in [0.4, 0.5) is 10.1 Å². The Hall–Kier alpha value is -2.73. The van der Waals surface area contributed by atoms with E-state index in [0.29, 0.717) is 31.6 Å². The van der Waals surface area contributed by atoms with Gasteiger partial charge in [0.05, 0.1) is 0 Å². The molecule has 148 valence electrons. The van der Waals surface area contributed by atoms with Crippen molar-refractivity contribution in [3.8, 4) is 0 Å². The molecule has 0 saturated heterocycles. The lowest BCUT2D eigenvalue weighted by Crippen LogP contribution is -2.32. The Bertz CT molecular complexity index is 836. The molecule has 1 aliphatic carbocycles. The number of nitrogens with one attached hydrogen (secondary N) is 1. The van der Waals surface area contributed by atoms with Gasteiger partial charge in [0, 0.05) is 30.3 Å². The van der Waals surface area contributed by atoms with Crippen molar-refractivity contribution in [3.63, 3.8) is 0 Å². The van der Waals surface area contributed by atoms with Crippen LogP contribution in [-0.4, -0.2) is 29.8 Å². The minimum absolute atomic E-state index is 0.0548. The summed E-state index contributed by atoms with van der Waals surface area (Å²) in [6.07, 6.45) is 3.65. The molecule has 1 saturated carbocycles. The number of amides is 2. The second-order valence-corrected chi connectivity index (χ2v) is 7.20. The van der Waals surface area contributed by atoms with Crippen LogP contribution in [0.5, 0.6) is 0 Å². The summed E-state index contributed by atoms with van der Waals surface area (Å²) in [6.45, 7) is 1.30. The van der Waals surface area contributed by atoms with Crippen molar-refractivity contribution in [3.05, 3.63) is 65.5 Å². The van der Waals surface area contributed by atoms with E-state index in [4.69, 9.17) is 5.73 Å². The number of halogens is 1. The SMILES string of the molecule is NCCCN(Cc1cccc(NC(=O)C2CCC2)c1)C(=O)c1cccc(F)c1.